The fraction of sp³-hybridized carbons (Fsp3) is 0.158. The highest BCUT2D eigenvalue weighted by atomic mass is 35.5. The smallest absolute Gasteiger partial charge is 0.264 e. The number of benzene rings is 2. The molecule has 1 heterocycles. The molecule has 0 aliphatic heterocycles. The minimum atomic E-state index is -4.18. The van der Waals surface area contributed by atoms with Crippen molar-refractivity contribution < 1.29 is 23.0 Å². The molecule has 0 amide bonds. The standard InChI is InChI=1S/C19H17Cl3N4O5S/c1-30-19-17(26-32(28,29)14-4-2-3-12(20)15(14)21)24-16(22)18(25-19)31-11-7-5-10(6-8-11)13(23)9-27/h2-8,13,27H,9,23H2,1H3,(H,24,26). The second-order valence-corrected chi connectivity index (χ2v) is 9.09. The van der Waals surface area contributed by atoms with Crippen molar-refractivity contribution in [2.45, 2.75) is 10.9 Å². The molecule has 13 heteroatoms. The zero-order chi connectivity index (χ0) is 23.5. The molecule has 3 aromatic rings. The van der Waals surface area contributed by atoms with E-state index in [1.807, 2.05) is 0 Å². The Kier molecular flexibility index (Phi) is 7.65. The number of ether oxygens (including phenoxy) is 2. The first-order valence-corrected chi connectivity index (χ1v) is 11.5. The van der Waals surface area contributed by atoms with E-state index in [2.05, 4.69) is 14.7 Å². The average Bonchev–Trinajstić information content (AvgIpc) is 2.77. The number of aliphatic hydroxyl groups is 1. The monoisotopic (exact) mass is 518 g/mol. The van der Waals surface area contributed by atoms with Gasteiger partial charge in [-0.1, -0.05) is 53.0 Å². The van der Waals surface area contributed by atoms with Crippen LogP contribution in [0.3, 0.4) is 0 Å². The third kappa shape index (κ3) is 5.34. The highest BCUT2D eigenvalue weighted by Crippen LogP contribution is 2.35. The molecule has 0 aliphatic carbocycles. The predicted octanol–water partition coefficient (Wildman–Crippen LogP) is 4.03. The second-order valence-electron chi connectivity index (χ2n) is 6.30. The van der Waals surface area contributed by atoms with Crippen LogP contribution in [0.25, 0.3) is 0 Å². The van der Waals surface area contributed by atoms with Crippen molar-refractivity contribution in [3.05, 3.63) is 63.2 Å². The SMILES string of the molecule is COc1nc(Oc2ccc(C(N)CO)cc2)c(Cl)nc1NS(=O)(=O)c1cccc(Cl)c1Cl. The summed E-state index contributed by atoms with van der Waals surface area (Å²) in [6.07, 6.45) is 0. The topological polar surface area (TPSA) is 137 Å². The number of nitrogens with zero attached hydrogens (tertiary/aromatic N) is 2. The van der Waals surface area contributed by atoms with Gasteiger partial charge < -0.3 is 20.3 Å². The van der Waals surface area contributed by atoms with Crippen LogP contribution in [0.1, 0.15) is 11.6 Å². The number of hydrogen-bond donors (Lipinski definition) is 3. The summed E-state index contributed by atoms with van der Waals surface area (Å²) in [5, 5.41) is 8.82. The van der Waals surface area contributed by atoms with E-state index in [1.165, 1.54) is 25.3 Å². The van der Waals surface area contributed by atoms with E-state index in [9.17, 15) is 8.42 Å². The Bertz CT molecular complexity index is 1230. The summed E-state index contributed by atoms with van der Waals surface area (Å²) in [5.41, 5.74) is 6.47. The number of sulfonamides is 1. The van der Waals surface area contributed by atoms with E-state index in [4.69, 9.17) is 55.1 Å². The maximum absolute atomic E-state index is 12.8. The van der Waals surface area contributed by atoms with Crippen molar-refractivity contribution in [2.24, 2.45) is 5.73 Å². The third-order valence-electron chi connectivity index (χ3n) is 4.14. The number of rotatable bonds is 8. The Labute approximate surface area is 199 Å². The van der Waals surface area contributed by atoms with Crippen LogP contribution in [0.15, 0.2) is 47.4 Å². The van der Waals surface area contributed by atoms with Gasteiger partial charge in [-0.25, -0.2) is 13.4 Å². The van der Waals surface area contributed by atoms with Gasteiger partial charge in [-0.3, -0.25) is 4.72 Å². The number of methoxy groups -OCH3 is 1. The lowest BCUT2D eigenvalue weighted by molar-refractivity contribution is 0.268. The Balaban J connectivity index is 1.89. The Hall–Kier alpha value is -2.34. The minimum Gasteiger partial charge on any atom is -0.478 e. The first-order valence-electron chi connectivity index (χ1n) is 8.89. The molecule has 0 spiro atoms. The Morgan fingerprint density at radius 3 is 2.41 bits per heavy atom. The van der Waals surface area contributed by atoms with Crippen molar-refractivity contribution in [2.75, 3.05) is 18.4 Å². The molecule has 1 aromatic heterocycles. The maximum Gasteiger partial charge on any atom is 0.264 e. The van der Waals surface area contributed by atoms with Crippen molar-refractivity contribution in [3.8, 4) is 17.5 Å². The van der Waals surface area contributed by atoms with Crippen LogP contribution in [0.4, 0.5) is 5.82 Å². The summed E-state index contributed by atoms with van der Waals surface area (Å²) in [7, 11) is -2.91. The lowest BCUT2D eigenvalue weighted by atomic mass is 10.1. The number of hydrogen-bond acceptors (Lipinski definition) is 8. The molecule has 9 nitrogen and oxygen atoms in total. The molecule has 0 fully saturated rings. The number of nitrogens with two attached hydrogens (primary N) is 1. The van der Waals surface area contributed by atoms with Crippen molar-refractivity contribution in [1.82, 2.24) is 9.97 Å². The number of halogens is 3. The average molecular weight is 520 g/mol. The van der Waals surface area contributed by atoms with Crippen LogP contribution in [-0.4, -0.2) is 37.2 Å². The second kappa shape index (κ2) is 10.1. The highest BCUT2D eigenvalue weighted by Gasteiger charge is 2.24. The fourth-order valence-corrected chi connectivity index (χ4v) is 4.46. The summed E-state index contributed by atoms with van der Waals surface area (Å²) in [6.45, 7) is -0.202. The molecule has 0 bridgehead atoms. The van der Waals surface area contributed by atoms with Gasteiger partial charge in [0.05, 0.1) is 29.8 Å². The number of aliphatic hydroxyl groups excluding tert-OH is 1. The molecule has 1 atom stereocenters. The van der Waals surface area contributed by atoms with E-state index in [1.54, 1.807) is 24.3 Å². The predicted molar refractivity (Wildman–Crippen MR) is 121 cm³/mol. The lowest BCUT2D eigenvalue weighted by Crippen LogP contribution is -2.16. The molecule has 0 saturated carbocycles. The van der Waals surface area contributed by atoms with Crippen molar-refractivity contribution >= 4 is 50.6 Å². The van der Waals surface area contributed by atoms with Gasteiger partial charge in [-0.05, 0) is 29.8 Å². The van der Waals surface area contributed by atoms with Crippen LogP contribution in [0.5, 0.6) is 17.5 Å². The molecule has 170 valence electrons. The molecule has 2 aromatic carbocycles. The van der Waals surface area contributed by atoms with Crippen LogP contribution < -0.4 is 19.9 Å². The van der Waals surface area contributed by atoms with Crippen molar-refractivity contribution in [1.29, 1.82) is 0 Å². The van der Waals surface area contributed by atoms with Gasteiger partial charge in [0, 0.05) is 0 Å². The normalized spacial score (nSPS) is 12.3. The van der Waals surface area contributed by atoms with E-state index in [-0.39, 0.29) is 44.3 Å². The largest absolute Gasteiger partial charge is 0.478 e. The quantitative estimate of drug-likeness (QED) is 0.406. The van der Waals surface area contributed by atoms with Gasteiger partial charge in [0.15, 0.2) is 5.15 Å². The first-order chi connectivity index (χ1) is 15.2. The van der Waals surface area contributed by atoms with Crippen molar-refractivity contribution in [3.63, 3.8) is 0 Å². The highest BCUT2D eigenvalue weighted by molar-refractivity contribution is 7.92. The van der Waals surface area contributed by atoms with Gasteiger partial charge >= 0.3 is 0 Å². The fourth-order valence-electron chi connectivity index (χ4n) is 2.53. The summed E-state index contributed by atoms with van der Waals surface area (Å²) < 4.78 is 38.5. The molecule has 0 aliphatic rings. The summed E-state index contributed by atoms with van der Waals surface area (Å²) in [5.74, 6) is -0.224. The van der Waals surface area contributed by atoms with E-state index >= 15 is 0 Å². The lowest BCUT2D eigenvalue weighted by Gasteiger charge is -2.14. The molecule has 4 N–H and O–H groups in total. The van der Waals surface area contributed by atoms with Gasteiger partial charge in [0.1, 0.15) is 10.6 Å². The van der Waals surface area contributed by atoms with Crippen LogP contribution in [0.2, 0.25) is 15.2 Å². The van der Waals surface area contributed by atoms with Crippen LogP contribution in [0, 0.1) is 0 Å². The molecule has 0 radical (unpaired) electrons. The maximum atomic E-state index is 12.8. The first kappa shape index (κ1) is 24.3. The summed E-state index contributed by atoms with van der Waals surface area (Å²) >= 11 is 18.1. The van der Waals surface area contributed by atoms with Crippen LogP contribution >= 0.6 is 34.8 Å². The molecular weight excluding hydrogens is 503 g/mol. The zero-order valence-corrected chi connectivity index (χ0v) is 19.5. The van der Waals surface area contributed by atoms with Gasteiger partial charge in [-0.2, -0.15) is 4.98 Å². The number of anilines is 1. The summed E-state index contributed by atoms with van der Waals surface area (Å²) in [6, 6.07) is 10.2. The molecule has 3 rings (SSSR count). The van der Waals surface area contributed by atoms with E-state index in [0.29, 0.717) is 11.3 Å². The van der Waals surface area contributed by atoms with Gasteiger partial charge in [-0.15, -0.1) is 0 Å². The summed E-state index contributed by atoms with van der Waals surface area (Å²) in [4.78, 5) is 7.83. The Morgan fingerprint density at radius 2 is 1.78 bits per heavy atom. The molecule has 1 unspecified atom stereocenters. The zero-order valence-electron chi connectivity index (χ0n) is 16.4. The molecular formula is C19H17Cl3N4O5S. The third-order valence-corrected chi connectivity index (χ3v) is 6.70. The van der Waals surface area contributed by atoms with Gasteiger partial charge in [0.2, 0.25) is 5.82 Å². The molecule has 32 heavy (non-hydrogen) atoms. The Morgan fingerprint density at radius 1 is 1.09 bits per heavy atom. The van der Waals surface area contributed by atoms with E-state index in [0.717, 1.165) is 0 Å². The van der Waals surface area contributed by atoms with Crippen LogP contribution in [-0.2, 0) is 10.0 Å². The van der Waals surface area contributed by atoms with E-state index < -0.39 is 16.1 Å². The number of nitrogens with one attached hydrogen (secondary N) is 1. The number of aromatic nitrogens is 2. The molecule has 0 saturated heterocycles. The minimum absolute atomic E-state index is 0.0698. The van der Waals surface area contributed by atoms with Gasteiger partial charge in [0.25, 0.3) is 21.8 Å².